The second-order valence-electron chi connectivity index (χ2n) is 1.91. The monoisotopic (exact) mass is 164 g/mol. The van der Waals surface area contributed by atoms with Gasteiger partial charge in [-0.3, -0.25) is 0 Å². The summed E-state index contributed by atoms with van der Waals surface area (Å²) in [6.45, 7) is 0. The van der Waals surface area contributed by atoms with Crippen LogP contribution in [0.25, 0.3) is 0 Å². The molecule has 0 bridgehead atoms. The molecule has 0 aliphatic carbocycles. The number of hydrogen-bond donors (Lipinski definition) is 0. The van der Waals surface area contributed by atoms with Crippen molar-refractivity contribution in [1.82, 2.24) is 4.98 Å². The summed E-state index contributed by atoms with van der Waals surface area (Å²) in [6, 6.07) is 3.17. The Hall–Kier alpha value is -1.26. The van der Waals surface area contributed by atoms with Gasteiger partial charge in [0.2, 0.25) is 0 Å². The predicted octanol–water partition coefficient (Wildman–Crippen LogP) is 1.54. The third-order valence-electron chi connectivity index (χ3n) is 1.04. The smallest absolute Gasteiger partial charge is 0.433 e. The van der Waals surface area contributed by atoms with Crippen molar-refractivity contribution in [3.05, 3.63) is 23.9 Å². The maximum Gasteiger partial charge on any atom is 0.433 e. The maximum absolute atomic E-state index is 11.8. The Morgan fingerprint density at radius 3 is 2.27 bits per heavy atom. The maximum atomic E-state index is 11.8. The number of nitrogens with zero attached hydrogens (tertiary/aromatic N) is 1. The van der Waals surface area contributed by atoms with E-state index in [1.807, 2.05) is 0 Å². The normalized spacial score (nSPS) is 11.5. The summed E-state index contributed by atoms with van der Waals surface area (Å²) in [4.78, 5) is 2.99. The Kier molecular flexibility index (Phi) is 1.72. The SMILES string of the molecule is [OH2+]c1cccc(C(F)(F)F)n1. The summed E-state index contributed by atoms with van der Waals surface area (Å²) in [5, 5.41) is 6.80. The summed E-state index contributed by atoms with van der Waals surface area (Å²) in [6.07, 6.45) is -4.45. The number of pyridine rings is 1. The Labute approximate surface area is 60.3 Å². The van der Waals surface area contributed by atoms with Crippen LogP contribution in [0.5, 0.6) is 5.88 Å². The zero-order valence-corrected chi connectivity index (χ0v) is 5.31. The van der Waals surface area contributed by atoms with E-state index in [-0.39, 0.29) is 5.88 Å². The molecule has 2 nitrogen and oxygen atoms in total. The van der Waals surface area contributed by atoms with Crippen molar-refractivity contribution in [2.45, 2.75) is 6.18 Å². The van der Waals surface area contributed by atoms with Crippen molar-refractivity contribution in [2.75, 3.05) is 0 Å². The number of aromatic nitrogens is 1. The molecule has 0 unspecified atom stereocenters. The summed E-state index contributed by atoms with van der Waals surface area (Å²) >= 11 is 0. The average Bonchev–Trinajstić information content (AvgIpc) is 1.86. The van der Waals surface area contributed by atoms with Crippen LogP contribution in [0.4, 0.5) is 13.2 Å². The fourth-order valence-electron chi connectivity index (χ4n) is 0.593. The van der Waals surface area contributed by atoms with Gasteiger partial charge in [-0.2, -0.15) is 18.2 Å². The minimum Gasteiger partial charge on any atom is -0.579 e. The van der Waals surface area contributed by atoms with Gasteiger partial charge < -0.3 is 5.11 Å². The van der Waals surface area contributed by atoms with Gasteiger partial charge in [0.1, 0.15) is 0 Å². The van der Waals surface area contributed by atoms with Crippen LogP contribution < -0.4 is 0 Å². The number of rotatable bonds is 0. The van der Waals surface area contributed by atoms with Crippen LogP contribution in [0.15, 0.2) is 18.2 Å². The van der Waals surface area contributed by atoms with Gasteiger partial charge in [-0.1, -0.05) is 0 Å². The van der Waals surface area contributed by atoms with Crippen molar-refractivity contribution in [1.29, 1.82) is 0 Å². The van der Waals surface area contributed by atoms with E-state index < -0.39 is 11.9 Å². The molecule has 0 saturated heterocycles. The van der Waals surface area contributed by atoms with E-state index in [9.17, 15) is 13.2 Å². The first-order chi connectivity index (χ1) is 5.00. The lowest BCUT2D eigenvalue weighted by molar-refractivity contribution is -0.141. The number of halogens is 3. The molecule has 0 aliphatic rings. The molecule has 0 radical (unpaired) electrons. The lowest BCUT2D eigenvalue weighted by Gasteiger charge is -2.02. The van der Waals surface area contributed by atoms with E-state index in [1.54, 1.807) is 0 Å². The first-order valence-corrected chi connectivity index (χ1v) is 2.76. The Morgan fingerprint density at radius 2 is 1.91 bits per heavy atom. The minimum absolute atomic E-state index is 0.375. The first-order valence-electron chi connectivity index (χ1n) is 2.76. The van der Waals surface area contributed by atoms with Crippen LogP contribution in [-0.2, 0) is 6.18 Å². The van der Waals surface area contributed by atoms with E-state index in [0.29, 0.717) is 0 Å². The van der Waals surface area contributed by atoms with Crippen molar-refractivity contribution in [3.63, 3.8) is 0 Å². The van der Waals surface area contributed by atoms with Gasteiger partial charge in [0.05, 0.1) is 6.07 Å². The molecular formula is C6H5F3NO+. The molecule has 1 heterocycles. The predicted molar refractivity (Wildman–Crippen MR) is 32.3 cm³/mol. The molecule has 0 spiro atoms. The third-order valence-corrected chi connectivity index (χ3v) is 1.04. The molecule has 0 aliphatic heterocycles. The highest BCUT2D eigenvalue weighted by Crippen LogP contribution is 2.28. The summed E-state index contributed by atoms with van der Waals surface area (Å²) < 4.78 is 35.5. The summed E-state index contributed by atoms with van der Waals surface area (Å²) in [5.41, 5.74) is -1.02. The largest absolute Gasteiger partial charge is 0.579 e. The number of alkyl halides is 3. The van der Waals surface area contributed by atoms with Gasteiger partial charge in [0.25, 0.3) is 0 Å². The van der Waals surface area contributed by atoms with Crippen molar-refractivity contribution >= 4 is 0 Å². The summed E-state index contributed by atoms with van der Waals surface area (Å²) in [7, 11) is 0. The number of hydrogen-bond acceptors (Lipinski definition) is 1. The molecule has 11 heavy (non-hydrogen) atoms. The van der Waals surface area contributed by atoms with Crippen LogP contribution in [0.3, 0.4) is 0 Å². The third kappa shape index (κ3) is 1.83. The van der Waals surface area contributed by atoms with E-state index in [0.717, 1.165) is 12.1 Å². The molecule has 2 N–H and O–H groups in total. The standard InChI is InChI=1S/C6H4F3NO/c7-6(8,9)4-2-1-3-5(11)10-4/h1-3H,(H,10,11)/p+1. The van der Waals surface area contributed by atoms with E-state index in [1.165, 1.54) is 6.07 Å². The molecule has 1 rings (SSSR count). The van der Waals surface area contributed by atoms with Crippen LogP contribution in [0.1, 0.15) is 5.69 Å². The van der Waals surface area contributed by atoms with Gasteiger partial charge in [-0.05, 0) is 12.1 Å². The molecular weight excluding hydrogens is 159 g/mol. The highest BCUT2D eigenvalue weighted by atomic mass is 19.4. The lowest BCUT2D eigenvalue weighted by Crippen LogP contribution is -2.06. The molecule has 0 atom stereocenters. The molecule has 0 fully saturated rings. The van der Waals surface area contributed by atoms with E-state index in [2.05, 4.69) is 4.98 Å². The van der Waals surface area contributed by atoms with Crippen molar-refractivity contribution in [3.8, 4) is 5.88 Å². The van der Waals surface area contributed by atoms with Gasteiger partial charge in [-0.25, -0.2) is 0 Å². The van der Waals surface area contributed by atoms with E-state index in [4.69, 9.17) is 5.11 Å². The van der Waals surface area contributed by atoms with Crippen molar-refractivity contribution in [2.24, 2.45) is 0 Å². The quantitative estimate of drug-likeness (QED) is 0.535. The zero-order chi connectivity index (χ0) is 8.48. The highest BCUT2D eigenvalue weighted by Gasteiger charge is 2.32. The van der Waals surface area contributed by atoms with Gasteiger partial charge >= 0.3 is 12.1 Å². The Morgan fingerprint density at radius 1 is 1.27 bits per heavy atom. The van der Waals surface area contributed by atoms with Crippen LogP contribution in [0, 0.1) is 0 Å². The molecule has 0 aromatic carbocycles. The average molecular weight is 164 g/mol. The van der Waals surface area contributed by atoms with Crippen molar-refractivity contribution < 1.29 is 18.3 Å². The fraction of sp³-hybridized carbons (Fsp3) is 0.167. The molecule has 60 valence electrons. The van der Waals surface area contributed by atoms with Crippen LogP contribution >= 0.6 is 0 Å². The molecule has 1 aromatic rings. The fourth-order valence-corrected chi connectivity index (χ4v) is 0.593. The van der Waals surface area contributed by atoms with Crippen LogP contribution in [-0.4, -0.2) is 10.1 Å². The molecule has 5 heteroatoms. The zero-order valence-electron chi connectivity index (χ0n) is 5.31. The Bertz CT molecular complexity index is 258. The second-order valence-corrected chi connectivity index (χ2v) is 1.91. The van der Waals surface area contributed by atoms with E-state index >= 15 is 0 Å². The van der Waals surface area contributed by atoms with Crippen LogP contribution in [0.2, 0.25) is 0 Å². The second kappa shape index (κ2) is 2.41. The van der Waals surface area contributed by atoms with Gasteiger partial charge in [-0.15, -0.1) is 0 Å². The Balaban J connectivity index is 3.06. The first kappa shape index (κ1) is 7.84. The van der Waals surface area contributed by atoms with Gasteiger partial charge in [0, 0.05) is 0 Å². The lowest BCUT2D eigenvalue weighted by atomic mass is 10.3. The van der Waals surface area contributed by atoms with Gasteiger partial charge in [0.15, 0.2) is 5.69 Å². The highest BCUT2D eigenvalue weighted by molar-refractivity contribution is 5.16. The topological polar surface area (TPSA) is 35.8 Å². The molecule has 0 amide bonds. The minimum atomic E-state index is -4.45. The molecule has 1 aromatic heterocycles. The summed E-state index contributed by atoms with van der Waals surface area (Å²) in [5.74, 6) is -0.375. The molecule has 0 saturated carbocycles.